The van der Waals surface area contributed by atoms with Crippen LogP contribution in [0.5, 0.6) is 0 Å². The fourth-order valence-corrected chi connectivity index (χ4v) is 3.04. The third kappa shape index (κ3) is 2.74. The number of para-hydroxylation sites is 1. The molecular formula is C18H20N2O3. The maximum absolute atomic E-state index is 12.3. The first-order valence-corrected chi connectivity index (χ1v) is 7.95. The number of hydrogen-bond acceptors (Lipinski definition) is 3. The summed E-state index contributed by atoms with van der Waals surface area (Å²) in [7, 11) is 0. The average molecular weight is 312 g/mol. The van der Waals surface area contributed by atoms with Gasteiger partial charge in [-0.15, -0.1) is 0 Å². The molecule has 0 fully saturated rings. The number of fused-ring (bicyclic) bond motifs is 3. The second-order valence-electron chi connectivity index (χ2n) is 5.57. The molecule has 1 aliphatic rings. The van der Waals surface area contributed by atoms with Crippen molar-refractivity contribution >= 4 is 34.0 Å². The van der Waals surface area contributed by atoms with E-state index >= 15 is 0 Å². The molecule has 5 nitrogen and oxygen atoms in total. The van der Waals surface area contributed by atoms with Gasteiger partial charge in [0.1, 0.15) is 0 Å². The van der Waals surface area contributed by atoms with Crippen LogP contribution in [0.4, 0.5) is 5.69 Å². The van der Waals surface area contributed by atoms with Gasteiger partial charge in [0.2, 0.25) is 5.91 Å². The molecule has 0 bridgehead atoms. The summed E-state index contributed by atoms with van der Waals surface area (Å²) in [5.74, 6) is -0.595. The predicted octanol–water partition coefficient (Wildman–Crippen LogP) is 3.63. The lowest BCUT2D eigenvalue weighted by molar-refractivity contribution is -0.139. The van der Waals surface area contributed by atoms with Gasteiger partial charge in [-0.1, -0.05) is 31.5 Å². The molecule has 23 heavy (non-hydrogen) atoms. The highest BCUT2D eigenvalue weighted by atomic mass is 16.5. The number of aromatic nitrogens is 1. The molecule has 0 atom stereocenters. The number of carbonyl (C=O) groups is 2. The van der Waals surface area contributed by atoms with Crippen LogP contribution in [0.2, 0.25) is 0 Å². The highest BCUT2D eigenvalue weighted by molar-refractivity contribution is 6.14. The summed E-state index contributed by atoms with van der Waals surface area (Å²) >= 11 is 0. The molecule has 1 aromatic carbocycles. The monoisotopic (exact) mass is 312 g/mol. The molecule has 0 aliphatic carbocycles. The lowest BCUT2D eigenvalue weighted by Gasteiger charge is -2.10. The molecule has 0 radical (unpaired) electrons. The fraction of sp³-hybridized carbons (Fsp3) is 0.333. The van der Waals surface area contributed by atoms with Crippen molar-refractivity contribution in [3.05, 3.63) is 35.5 Å². The Morgan fingerprint density at radius 1 is 1.26 bits per heavy atom. The van der Waals surface area contributed by atoms with Crippen molar-refractivity contribution < 1.29 is 14.3 Å². The van der Waals surface area contributed by atoms with Crippen molar-refractivity contribution in [1.29, 1.82) is 0 Å². The number of esters is 1. The molecule has 3 rings (SSSR count). The van der Waals surface area contributed by atoms with E-state index in [1.165, 1.54) is 0 Å². The zero-order valence-corrected chi connectivity index (χ0v) is 13.4. The normalized spacial score (nSPS) is 14.4. The van der Waals surface area contributed by atoms with Gasteiger partial charge >= 0.3 is 5.97 Å². The fourth-order valence-electron chi connectivity index (χ4n) is 3.04. The van der Waals surface area contributed by atoms with Crippen molar-refractivity contribution in [1.82, 2.24) is 4.98 Å². The molecule has 2 aromatic rings. The molecule has 1 aromatic heterocycles. The van der Waals surface area contributed by atoms with Gasteiger partial charge in [0, 0.05) is 10.9 Å². The number of aromatic amines is 1. The van der Waals surface area contributed by atoms with E-state index in [2.05, 4.69) is 17.2 Å². The largest absolute Gasteiger partial charge is 0.463 e. The summed E-state index contributed by atoms with van der Waals surface area (Å²) in [5.41, 5.74) is 3.85. The molecule has 2 N–H and O–H groups in total. The van der Waals surface area contributed by atoms with Crippen molar-refractivity contribution in [2.24, 2.45) is 0 Å². The average Bonchev–Trinajstić information content (AvgIpc) is 2.83. The van der Waals surface area contributed by atoms with Gasteiger partial charge in [-0.2, -0.15) is 0 Å². The van der Waals surface area contributed by atoms with E-state index in [0.29, 0.717) is 18.6 Å². The van der Waals surface area contributed by atoms with E-state index in [9.17, 15) is 9.59 Å². The molecule has 1 amide bonds. The number of amides is 1. The number of hydrogen-bond donors (Lipinski definition) is 2. The minimum absolute atomic E-state index is 0.0466. The van der Waals surface area contributed by atoms with Crippen LogP contribution in [-0.4, -0.2) is 23.5 Å². The molecule has 0 saturated heterocycles. The van der Waals surface area contributed by atoms with Crippen molar-refractivity contribution in [3.8, 4) is 0 Å². The summed E-state index contributed by atoms with van der Waals surface area (Å²) in [5, 5.41) is 3.89. The maximum atomic E-state index is 12.3. The predicted molar refractivity (Wildman–Crippen MR) is 90.0 cm³/mol. The van der Waals surface area contributed by atoms with Crippen LogP contribution in [-0.2, 0) is 14.3 Å². The van der Waals surface area contributed by atoms with Crippen LogP contribution < -0.4 is 5.32 Å². The van der Waals surface area contributed by atoms with Crippen LogP contribution in [0.25, 0.3) is 16.5 Å². The van der Waals surface area contributed by atoms with Crippen LogP contribution in [0.3, 0.4) is 0 Å². The smallest absolute Gasteiger partial charge is 0.334 e. The second kappa shape index (κ2) is 6.28. The SMILES string of the molecule is CCCC1=C(C(=O)OCC)CC(=O)Nc2c1[nH]c1ccccc21. The van der Waals surface area contributed by atoms with Crippen LogP contribution in [0.15, 0.2) is 29.8 Å². The molecule has 1 aliphatic heterocycles. The van der Waals surface area contributed by atoms with Gasteiger partial charge < -0.3 is 15.0 Å². The molecule has 2 heterocycles. The van der Waals surface area contributed by atoms with Crippen molar-refractivity contribution in [3.63, 3.8) is 0 Å². The Bertz CT molecular complexity index is 802. The molecule has 120 valence electrons. The minimum atomic E-state index is -0.405. The van der Waals surface area contributed by atoms with Crippen LogP contribution >= 0.6 is 0 Å². The van der Waals surface area contributed by atoms with Crippen LogP contribution in [0, 0.1) is 0 Å². The summed E-state index contributed by atoms with van der Waals surface area (Å²) in [6.07, 6.45) is 1.63. The third-order valence-electron chi connectivity index (χ3n) is 4.00. The van der Waals surface area contributed by atoms with Gasteiger partial charge in [-0.3, -0.25) is 4.79 Å². The molecule has 0 spiro atoms. The summed E-state index contributed by atoms with van der Waals surface area (Å²) in [6.45, 7) is 4.12. The first kappa shape index (κ1) is 15.3. The first-order chi connectivity index (χ1) is 11.2. The Hall–Kier alpha value is -2.56. The first-order valence-electron chi connectivity index (χ1n) is 7.95. The maximum Gasteiger partial charge on any atom is 0.334 e. The number of ether oxygens (including phenoxy) is 1. The molecular weight excluding hydrogens is 292 g/mol. The molecule has 5 heteroatoms. The van der Waals surface area contributed by atoms with Gasteiger partial charge in [0.25, 0.3) is 0 Å². The molecule has 0 saturated carbocycles. The standard InChI is InChI=1S/C18H20N2O3/c1-3-7-11-13(18(22)23-4-2)10-15(21)20-17-12-8-5-6-9-14(12)19-16(11)17/h5-6,8-9,19H,3-4,7,10H2,1-2H3,(H,20,21). The van der Waals surface area contributed by atoms with E-state index < -0.39 is 5.97 Å². The third-order valence-corrected chi connectivity index (χ3v) is 4.00. The Kier molecular flexibility index (Phi) is 4.19. The Balaban J connectivity index is 2.24. The number of carbonyl (C=O) groups excluding carboxylic acids is 2. The number of anilines is 1. The summed E-state index contributed by atoms with van der Waals surface area (Å²) in [6, 6.07) is 7.80. The number of allylic oxidation sites excluding steroid dienone is 1. The van der Waals surface area contributed by atoms with E-state index in [-0.39, 0.29) is 12.3 Å². The van der Waals surface area contributed by atoms with E-state index in [4.69, 9.17) is 4.74 Å². The lowest BCUT2D eigenvalue weighted by atomic mass is 9.98. The van der Waals surface area contributed by atoms with Gasteiger partial charge in [-0.25, -0.2) is 4.79 Å². The number of benzene rings is 1. The highest BCUT2D eigenvalue weighted by Gasteiger charge is 2.28. The van der Waals surface area contributed by atoms with Gasteiger partial charge in [0.05, 0.1) is 30.0 Å². The number of H-pyrrole nitrogens is 1. The number of rotatable bonds is 4. The van der Waals surface area contributed by atoms with Crippen molar-refractivity contribution in [2.75, 3.05) is 11.9 Å². The quantitative estimate of drug-likeness (QED) is 0.847. The zero-order chi connectivity index (χ0) is 16.4. The Morgan fingerprint density at radius 2 is 2.04 bits per heavy atom. The highest BCUT2D eigenvalue weighted by Crippen LogP contribution is 2.38. The van der Waals surface area contributed by atoms with Crippen LogP contribution in [0.1, 0.15) is 38.8 Å². The minimum Gasteiger partial charge on any atom is -0.463 e. The van der Waals surface area contributed by atoms with E-state index in [1.54, 1.807) is 6.92 Å². The van der Waals surface area contributed by atoms with Gasteiger partial charge in [0.15, 0.2) is 0 Å². The zero-order valence-electron chi connectivity index (χ0n) is 13.4. The van der Waals surface area contributed by atoms with Gasteiger partial charge in [-0.05, 0) is 25.0 Å². The second-order valence-corrected chi connectivity index (χ2v) is 5.57. The van der Waals surface area contributed by atoms with E-state index in [1.807, 2.05) is 24.3 Å². The topological polar surface area (TPSA) is 71.2 Å². The molecule has 0 unspecified atom stereocenters. The lowest BCUT2D eigenvalue weighted by Crippen LogP contribution is -2.16. The number of nitrogens with one attached hydrogen (secondary N) is 2. The van der Waals surface area contributed by atoms with Crippen molar-refractivity contribution in [2.45, 2.75) is 33.1 Å². The Morgan fingerprint density at radius 3 is 2.78 bits per heavy atom. The summed E-state index contributed by atoms with van der Waals surface area (Å²) in [4.78, 5) is 28.0. The Labute approximate surface area is 134 Å². The van der Waals surface area contributed by atoms with E-state index in [0.717, 1.165) is 34.3 Å². The summed E-state index contributed by atoms with van der Waals surface area (Å²) < 4.78 is 5.16.